The van der Waals surface area contributed by atoms with Crippen molar-refractivity contribution in [2.45, 2.75) is 30.5 Å². The molecule has 0 N–H and O–H groups in total. The normalized spacial score (nSPS) is 21.6. The maximum Gasteiger partial charge on any atom is 0.332 e. The van der Waals surface area contributed by atoms with Crippen molar-refractivity contribution >= 4 is 34.3 Å². The molecule has 39 heavy (non-hydrogen) atoms. The summed E-state index contributed by atoms with van der Waals surface area (Å²) in [7, 11) is 0. The number of nitrogens with zero attached hydrogens (tertiary/aromatic N) is 5. The molecule has 7 rings (SSSR count). The molecule has 3 aliphatic rings. The largest absolute Gasteiger partial charge is 0.334 e. The third-order valence-electron chi connectivity index (χ3n) is 8.18. The average molecular weight is 514 g/mol. The van der Waals surface area contributed by atoms with Gasteiger partial charge in [-0.1, -0.05) is 84.9 Å². The number of nitriles is 1. The second-order valence-corrected chi connectivity index (χ2v) is 10.2. The minimum Gasteiger partial charge on any atom is -0.334 e. The summed E-state index contributed by atoms with van der Waals surface area (Å²) in [6, 6.07) is 26.7. The van der Waals surface area contributed by atoms with E-state index >= 15 is 0 Å². The SMILES string of the molecule is N#Cc1ncc(N2C(=O)C3C4CC(CN4C(=O)C(c4ccccc4)c4ccccc4)N3C2=O)c2ccccc12. The molecule has 4 amide bonds. The summed E-state index contributed by atoms with van der Waals surface area (Å²) in [6.45, 7) is 0.384. The third-order valence-corrected chi connectivity index (χ3v) is 8.18. The smallest absolute Gasteiger partial charge is 0.332 e. The number of hydrogen-bond acceptors (Lipinski definition) is 5. The zero-order chi connectivity index (χ0) is 26.7. The third kappa shape index (κ3) is 3.36. The van der Waals surface area contributed by atoms with Crippen molar-refractivity contribution in [3.05, 3.63) is 108 Å². The fraction of sp³-hybridized carbons (Fsp3) is 0.194. The quantitative estimate of drug-likeness (QED) is 0.384. The standard InChI is InChI=1S/C31H23N5O3/c32-16-24-22-13-7-8-14-23(22)26(17-33-24)36-30(38)28-25-15-21(35(28)31(36)39)18-34(25)29(37)27(19-9-3-1-4-10-19)20-11-5-2-6-12-20/h1-14,17,21,25,27-28H,15,18H2. The number of hydrogen-bond donors (Lipinski definition) is 0. The van der Waals surface area contributed by atoms with Gasteiger partial charge in [-0.3, -0.25) is 9.59 Å². The number of carbonyl (C=O) groups is 3. The molecule has 4 aromatic rings. The second-order valence-electron chi connectivity index (χ2n) is 10.2. The van der Waals surface area contributed by atoms with Crippen LogP contribution in [0.1, 0.15) is 29.2 Å². The topological polar surface area (TPSA) is 97.6 Å². The van der Waals surface area contributed by atoms with Crippen LogP contribution in [0.4, 0.5) is 10.5 Å². The Bertz CT molecular complexity index is 1640. The van der Waals surface area contributed by atoms with E-state index in [1.165, 1.54) is 11.1 Å². The van der Waals surface area contributed by atoms with Gasteiger partial charge >= 0.3 is 6.03 Å². The number of likely N-dealkylation sites (tertiary alicyclic amines) is 1. The van der Waals surface area contributed by atoms with Gasteiger partial charge in [-0.05, 0) is 17.5 Å². The number of carbonyl (C=O) groups excluding carboxylic acids is 3. The number of fused-ring (bicyclic) bond motifs is 6. The minimum absolute atomic E-state index is 0.0660. The lowest BCUT2D eigenvalue weighted by Gasteiger charge is -2.37. The molecule has 190 valence electrons. The van der Waals surface area contributed by atoms with Crippen molar-refractivity contribution in [1.29, 1.82) is 5.26 Å². The van der Waals surface area contributed by atoms with Crippen LogP contribution < -0.4 is 4.90 Å². The van der Waals surface area contributed by atoms with Gasteiger partial charge < -0.3 is 9.80 Å². The van der Waals surface area contributed by atoms with E-state index in [9.17, 15) is 19.6 Å². The Labute approximate surface area is 224 Å². The molecule has 2 bridgehead atoms. The summed E-state index contributed by atoms with van der Waals surface area (Å²) in [4.78, 5) is 50.6. The van der Waals surface area contributed by atoms with Gasteiger partial charge in [0.25, 0.3) is 5.91 Å². The van der Waals surface area contributed by atoms with Gasteiger partial charge in [-0.25, -0.2) is 14.7 Å². The van der Waals surface area contributed by atoms with Crippen molar-refractivity contribution < 1.29 is 14.4 Å². The molecule has 3 saturated heterocycles. The van der Waals surface area contributed by atoms with Crippen LogP contribution in [0, 0.1) is 11.3 Å². The number of pyridine rings is 1. The van der Waals surface area contributed by atoms with Gasteiger partial charge in [0.05, 0.1) is 29.9 Å². The molecule has 0 spiro atoms. The summed E-state index contributed by atoms with van der Waals surface area (Å²) in [5.41, 5.74) is 2.37. The van der Waals surface area contributed by atoms with Crippen LogP contribution in [0.5, 0.6) is 0 Å². The molecule has 0 radical (unpaired) electrons. The van der Waals surface area contributed by atoms with E-state index in [0.717, 1.165) is 11.1 Å². The highest BCUT2D eigenvalue weighted by Crippen LogP contribution is 2.45. The van der Waals surface area contributed by atoms with Gasteiger partial charge in [0, 0.05) is 17.3 Å². The van der Waals surface area contributed by atoms with E-state index in [2.05, 4.69) is 11.1 Å². The minimum atomic E-state index is -0.748. The summed E-state index contributed by atoms with van der Waals surface area (Å²) < 4.78 is 0. The predicted molar refractivity (Wildman–Crippen MR) is 144 cm³/mol. The lowest BCUT2D eigenvalue weighted by atomic mass is 9.89. The summed E-state index contributed by atoms with van der Waals surface area (Å²) >= 11 is 0. The number of rotatable bonds is 4. The second kappa shape index (κ2) is 8.77. The summed E-state index contributed by atoms with van der Waals surface area (Å²) in [6.07, 6.45) is 1.99. The van der Waals surface area contributed by atoms with Crippen molar-refractivity contribution in [2.75, 3.05) is 11.4 Å². The molecule has 3 unspecified atom stereocenters. The monoisotopic (exact) mass is 513 g/mol. The van der Waals surface area contributed by atoms with Crippen LogP contribution in [0.3, 0.4) is 0 Å². The highest BCUT2D eigenvalue weighted by Gasteiger charge is 2.63. The van der Waals surface area contributed by atoms with Gasteiger partial charge in [0.1, 0.15) is 17.8 Å². The Morgan fingerprint density at radius 2 is 1.51 bits per heavy atom. The molecular formula is C31H23N5O3. The fourth-order valence-corrected chi connectivity index (χ4v) is 6.51. The van der Waals surface area contributed by atoms with Crippen LogP contribution in [-0.4, -0.2) is 57.3 Å². The van der Waals surface area contributed by atoms with E-state index in [-0.39, 0.29) is 23.6 Å². The molecule has 3 fully saturated rings. The fourth-order valence-electron chi connectivity index (χ4n) is 6.51. The van der Waals surface area contributed by atoms with Crippen LogP contribution in [0.15, 0.2) is 91.1 Å². The van der Waals surface area contributed by atoms with Gasteiger partial charge in [0.15, 0.2) is 0 Å². The molecule has 4 heterocycles. The first-order valence-corrected chi connectivity index (χ1v) is 12.9. The van der Waals surface area contributed by atoms with Crippen LogP contribution in [-0.2, 0) is 9.59 Å². The average Bonchev–Trinajstić information content (AvgIpc) is 3.65. The lowest BCUT2D eigenvalue weighted by molar-refractivity contribution is -0.136. The van der Waals surface area contributed by atoms with Crippen LogP contribution in [0.25, 0.3) is 10.8 Å². The first kappa shape index (κ1) is 23.1. The molecular weight excluding hydrogens is 490 g/mol. The molecule has 3 atom stereocenters. The highest BCUT2D eigenvalue weighted by molar-refractivity contribution is 6.25. The van der Waals surface area contributed by atoms with E-state index in [4.69, 9.17) is 0 Å². The number of piperazine rings is 1. The zero-order valence-corrected chi connectivity index (χ0v) is 20.8. The molecule has 8 nitrogen and oxygen atoms in total. The van der Waals surface area contributed by atoms with E-state index in [0.29, 0.717) is 29.4 Å². The Hall–Kier alpha value is -5.03. The molecule has 0 aliphatic carbocycles. The first-order valence-electron chi connectivity index (χ1n) is 12.9. The number of benzene rings is 3. The number of aromatic nitrogens is 1. The van der Waals surface area contributed by atoms with Crippen LogP contribution in [0.2, 0.25) is 0 Å². The Balaban J connectivity index is 1.24. The van der Waals surface area contributed by atoms with Crippen molar-refractivity contribution in [2.24, 2.45) is 0 Å². The van der Waals surface area contributed by atoms with E-state index in [1.807, 2.05) is 60.7 Å². The van der Waals surface area contributed by atoms with Gasteiger partial charge in [-0.2, -0.15) is 5.26 Å². The zero-order valence-electron chi connectivity index (χ0n) is 20.8. The Kier molecular flexibility index (Phi) is 5.20. The van der Waals surface area contributed by atoms with Gasteiger partial charge in [0.2, 0.25) is 5.91 Å². The number of imide groups is 1. The predicted octanol–water partition coefficient (Wildman–Crippen LogP) is 4.06. The molecule has 3 aliphatic heterocycles. The molecule has 1 aromatic heterocycles. The number of anilines is 1. The van der Waals surface area contributed by atoms with Crippen molar-refractivity contribution in [1.82, 2.24) is 14.8 Å². The number of amides is 4. The lowest BCUT2D eigenvalue weighted by Crippen LogP contribution is -2.55. The Morgan fingerprint density at radius 1 is 0.897 bits per heavy atom. The number of urea groups is 1. The van der Waals surface area contributed by atoms with Gasteiger partial charge in [-0.15, -0.1) is 0 Å². The highest BCUT2D eigenvalue weighted by atomic mass is 16.2. The maximum atomic E-state index is 14.2. The molecule has 8 heteroatoms. The summed E-state index contributed by atoms with van der Waals surface area (Å²) in [5, 5.41) is 10.7. The summed E-state index contributed by atoms with van der Waals surface area (Å²) in [5.74, 6) is -0.934. The maximum absolute atomic E-state index is 14.2. The first-order chi connectivity index (χ1) is 19.1. The Morgan fingerprint density at radius 3 is 2.15 bits per heavy atom. The van der Waals surface area contributed by atoms with Crippen molar-refractivity contribution in [3.8, 4) is 6.07 Å². The molecule has 3 aromatic carbocycles. The van der Waals surface area contributed by atoms with Crippen LogP contribution >= 0.6 is 0 Å². The van der Waals surface area contributed by atoms with E-state index in [1.54, 1.807) is 34.1 Å². The molecule has 0 saturated carbocycles. The van der Waals surface area contributed by atoms with Crippen molar-refractivity contribution in [3.63, 3.8) is 0 Å². The van der Waals surface area contributed by atoms with E-state index < -0.39 is 24.0 Å².